The van der Waals surface area contributed by atoms with Gasteiger partial charge in [-0.25, -0.2) is 0 Å². The molecule has 21 heavy (non-hydrogen) atoms. The lowest BCUT2D eigenvalue weighted by Crippen LogP contribution is -2.32. The van der Waals surface area contributed by atoms with E-state index in [9.17, 15) is 10.0 Å². The Bertz CT molecular complexity index is 594. The number of hydrogen-bond donors (Lipinski definition) is 0. The van der Waals surface area contributed by atoms with Crippen LogP contribution in [0.1, 0.15) is 15.9 Å². The third kappa shape index (κ3) is 4.21. The van der Waals surface area contributed by atoms with Crippen molar-refractivity contribution in [3.63, 3.8) is 0 Å². The number of benzene rings is 1. The van der Waals surface area contributed by atoms with Crippen LogP contribution in [0.3, 0.4) is 0 Å². The Morgan fingerprint density at radius 3 is 2.43 bits per heavy atom. The molecule has 2 aromatic rings. The van der Waals surface area contributed by atoms with Crippen molar-refractivity contribution < 1.29 is 14.3 Å². The lowest BCUT2D eigenvalue weighted by molar-refractivity contribution is -0.605. The summed E-state index contributed by atoms with van der Waals surface area (Å²) in [6.45, 7) is 2.90. The number of rotatable bonds is 5. The summed E-state index contributed by atoms with van der Waals surface area (Å²) in [5.74, 6) is 0.650. The van der Waals surface area contributed by atoms with Gasteiger partial charge in [0.1, 0.15) is 12.4 Å². The Balaban J connectivity index is 1.83. The molecule has 5 nitrogen and oxygen atoms in total. The second-order valence-corrected chi connectivity index (χ2v) is 4.83. The van der Waals surface area contributed by atoms with Crippen molar-refractivity contribution in [2.75, 3.05) is 20.2 Å². The summed E-state index contributed by atoms with van der Waals surface area (Å²) in [4.78, 5) is 13.7. The molecule has 0 saturated carbocycles. The second kappa shape index (κ2) is 6.74. The molecule has 0 aliphatic heterocycles. The molecule has 0 saturated heterocycles. The molecule has 0 aliphatic carbocycles. The van der Waals surface area contributed by atoms with E-state index in [2.05, 4.69) is 0 Å². The van der Waals surface area contributed by atoms with Gasteiger partial charge in [-0.3, -0.25) is 4.79 Å². The third-order valence-corrected chi connectivity index (χ3v) is 3.11. The van der Waals surface area contributed by atoms with Crippen molar-refractivity contribution in [2.45, 2.75) is 6.92 Å². The molecule has 0 aliphatic rings. The second-order valence-electron chi connectivity index (χ2n) is 4.83. The first kappa shape index (κ1) is 14.8. The van der Waals surface area contributed by atoms with Gasteiger partial charge in [-0.2, -0.15) is 4.73 Å². The average molecular weight is 286 g/mol. The number of nitrogens with zero attached hydrogens (tertiary/aromatic N) is 2. The summed E-state index contributed by atoms with van der Waals surface area (Å²) in [5, 5.41) is 10.9. The number of likely N-dealkylation sites (N-methyl/N-ethyl adjacent to an activating group) is 1. The number of carbonyl (C=O) groups is 1. The van der Waals surface area contributed by atoms with Crippen LogP contribution < -0.4 is 9.47 Å². The van der Waals surface area contributed by atoms with Gasteiger partial charge < -0.3 is 14.8 Å². The van der Waals surface area contributed by atoms with Crippen molar-refractivity contribution in [2.24, 2.45) is 0 Å². The number of aryl methyl sites for hydroxylation is 1. The van der Waals surface area contributed by atoms with Gasteiger partial charge in [0, 0.05) is 19.2 Å². The van der Waals surface area contributed by atoms with Gasteiger partial charge in [0.15, 0.2) is 12.4 Å². The number of carbonyl (C=O) groups excluding carboxylic acids is 1. The van der Waals surface area contributed by atoms with E-state index in [4.69, 9.17) is 4.74 Å². The minimum absolute atomic E-state index is 0.136. The number of aromatic nitrogens is 1. The van der Waals surface area contributed by atoms with Crippen molar-refractivity contribution >= 4 is 5.91 Å². The monoisotopic (exact) mass is 286 g/mol. The first-order valence-corrected chi connectivity index (χ1v) is 6.70. The predicted octanol–water partition coefficient (Wildman–Crippen LogP) is 1.78. The Hall–Kier alpha value is -2.56. The highest BCUT2D eigenvalue weighted by Gasteiger charge is 2.12. The van der Waals surface area contributed by atoms with E-state index in [-0.39, 0.29) is 5.91 Å². The van der Waals surface area contributed by atoms with Gasteiger partial charge in [-0.1, -0.05) is 17.7 Å². The molecule has 110 valence electrons. The minimum Gasteiger partial charge on any atom is -0.619 e. The number of pyridine rings is 1. The van der Waals surface area contributed by atoms with Crippen molar-refractivity contribution in [1.29, 1.82) is 0 Å². The van der Waals surface area contributed by atoms with E-state index in [1.165, 1.54) is 30.1 Å². The van der Waals surface area contributed by atoms with Gasteiger partial charge in [0.05, 0.1) is 12.1 Å². The number of hydrogen-bond acceptors (Lipinski definition) is 3. The zero-order chi connectivity index (χ0) is 15.2. The molecule has 0 radical (unpaired) electrons. The van der Waals surface area contributed by atoms with Gasteiger partial charge in [0.2, 0.25) is 0 Å². The lowest BCUT2D eigenvalue weighted by Gasteiger charge is -2.17. The van der Waals surface area contributed by atoms with Crippen molar-refractivity contribution in [3.8, 4) is 5.75 Å². The predicted molar refractivity (Wildman–Crippen MR) is 79.0 cm³/mol. The SMILES string of the molecule is Cc1ccc(OCCN(C)C(=O)c2cc[n+]([O-])cc2)cc1. The van der Waals surface area contributed by atoms with Gasteiger partial charge in [-0.05, 0) is 19.1 Å². The van der Waals surface area contributed by atoms with Crippen LogP contribution in [-0.4, -0.2) is 31.0 Å². The maximum atomic E-state index is 12.1. The molecule has 5 heteroatoms. The lowest BCUT2D eigenvalue weighted by atomic mass is 10.2. The Morgan fingerprint density at radius 2 is 1.81 bits per heavy atom. The Kier molecular flexibility index (Phi) is 4.77. The first-order chi connectivity index (χ1) is 10.1. The Morgan fingerprint density at radius 1 is 1.19 bits per heavy atom. The molecular weight excluding hydrogens is 268 g/mol. The minimum atomic E-state index is -0.136. The number of amides is 1. The van der Waals surface area contributed by atoms with Gasteiger partial charge in [0.25, 0.3) is 5.91 Å². The summed E-state index contributed by atoms with van der Waals surface area (Å²) in [6.07, 6.45) is 2.62. The van der Waals surface area contributed by atoms with Gasteiger partial charge >= 0.3 is 0 Å². The zero-order valence-corrected chi connectivity index (χ0v) is 12.2. The summed E-state index contributed by atoms with van der Waals surface area (Å²) >= 11 is 0. The van der Waals surface area contributed by atoms with Crippen LogP contribution in [0.25, 0.3) is 0 Å². The molecule has 1 aromatic heterocycles. The van der Waals surface area contributed by atoms with E-state index in [0.29, 0.717) is 23.4 Å². The van der Waals surface area contributed by atoms with E-state index in [0.717, 1.165) is 5.75 Å². The standard InChI is InChI=1S/C16H18N2O3/c1-13-3-5-15(6-4-13)21-12-11-17(2)16(19)14-7-9-18(20)10-8-14/h3-10H,11-12H2,1-2H3. The average Bonchev–Trinajstić information content (AvgIpc) is 2.49. The van der Waals surface area contributed by atoms with Crippen LogP contribution in [0, 0.1) is 12.1 Å². The summed E-state index contributed by atoms with van der Waals surface area (Å²) in [7, 11) is 1.71. The van der Waals surface area contributed by atoms with E-state index >= 15 is 0 Å². The maximum Gasteiger partial charge on any atom is 0.254 e. The summed E-state index contributed by atoms with van der Waals surface area (Å²) in [6, 6.07) is 10.8. The topological polar surface area (TPSA) is 56.5 Å². The fourth-order valence-corrected chi connectivity index (χ4v) is 1.81. The molecular formula is C16H18N2O3. The molecule has 0 N–H and O–H groups in total. The highest BCUT2D eigenvalue weighted by atomic mass is 16.5. The Labute approximate surface area is 124 Å². The third-order valence-electron chi connectivity index (χ3n) is 3.11. The van der Waals surface area contributed by atoms with E-state index in [1.807, 2.05) is 31.2 Å². The van der Waals surface area contributed by atoms with Crippen LogP contribution in [-0.2, 0) is 0 Å². The van der Waals surface area contributed by atoms with E-state index < -0.39 is 0 Å². The van der Waals surface area contributed by atoms with Crippen molar-refractivity contribution in [3.05, 3.63) is 65.1 Å². The summed E-state index contributed by atoms with van der Waals surface area (Å²) in [5.41, 5.74) is 1.66. The van der Waals surface area contributed by atoms with Crippen LogP contribution in [0.5, 0.6) is 5.75 Å². The smallest absolute Gasteiger partial charge is 0.254 e. The van der Waals surface area contributed by atoms with Crippen LogP contribution in [0.4, 0.5) is 0 Å². The molecule has 0 bridgehead atoms. The van der Waals surface area contributed by atoms with Crippen molar-refractivity contribution in [1.82, 2.24) is 4.90 Å². The number of ether oxygens (including phenoxy) is 1. The van der Waals surface area contributed by atoms with Gasteiger partial charge in [-0.15, -0.1) is 0 Å². The molecule has 2 rings (SSSR count). The fourth-order valence-electron chi connectivity index (χ4n) is 1.81. The maximum absolute atomic E-state index is 12.1. The molecule has 1 aromatic carbocycles. The molecule has 0 spiro atoms. The molecule has 0 fully saturated rings. The van der Waals surface area contributed by atoms with E-state index in [1.54, 1.807) is 11.9 Å². The molecule has 1 amide bonds. The first-order valence-electron chi connectivity index (χ1n) is 6.70. The molecule has 0 atom stereocenters. The highest BCUT2D eigenvalue weighted by molar-refractivity contribution is 5.93. The van der Waals surface area contributed by atoms with Crippen LogP contribution in [0.2, 0.25) is 0 Å². The summed E-state index contributed by atoms with van der Waals surface area (Å²) < 4.78 is 6.24. The largest absolute Gasteiger partial charge is 0.619 e. The quantitative estimate of drug-likeness (QED) is 0.622. The normalized spacial score (nSPS) is 10.2. The van der Waals surface area contributed by atoms with Crippen LogP contribution >= 0.6 is 0 Å². The highest BCUT2D eigenvalue weighted by Crippen LogP contribution is 2.11. The fraction of sp³-hybridized carbons (Fsp3) is 0.250. The molecule has 1 heterocycles. The molecule has 0 unspecified atom stereocenters. The zero-order valence-electron chi connectivity index (χ0n) is 12.2. The van der Waals surface area contributed by atoms with Crippen LogP contribution in [0.15, 0.2) is 48.8 Å².